The molecule has 1 aliphatic rings. The van der Waals surface area contributed by atoms with Crippen molar-refractivity contribution in [3.05, 3.63) is 60.4 Å². The molecule has 0 saturated carbocycles. The molecule has 124 valence electrons. The largest absolute Gasteiger partial charge is 0.481 e. The van der Waals surface area contributed by atoms with Gasteiger partial charge < -0.3 is 15.0 Å². The summed E-state index contributed by atoms with van der Waals surface area (Å²) in [6.07, 6.45) is 0.236. The van der Waals surface area contributed by atoms with Crippen LogP contribution in [0.15, 0.2) is 54.6 Å². The fourth-order valence-electron chi connectivity index (χ4n) is 2.64. The lowest BCUT2D eigenvalue weighted by Crippen LogP contribution is -2.39. The quantitative estimate of drug-likeness (QED) is 0.915. The molecule has 1 saturated heterocycles. The smallest absolute Gasteiger partial charge is 0.258 e. The van der Waals surface area contributed by atoms with E-state index in [9.17, 15) is 14.0 Å². The number of nitrogens with zero attached hydrogens (tertiary/aromatic N) is 1. The Kier molecular flexibility index (Phi) is 4.74. The highest BCUT2D eigenvalue weighted by atomic mass is 19.1. The first-order chi connectivity index (χ1) is 11.6. The molecular weight excluding hydrogens is 311 g/mol. The fraction of sp³-hybridized carbons (Fsp3) is 0.222. The lowest BCUT2D eigenvalue weighted by Gasteiger charge is -2.17. The second kappa shape index (κ2) is 7.12. The molecule has 1 heterocycles. The van der Waals surface area contributed by atoms with Crippen LogP contribution < -0.4 is 15.0 Å². The molecule has 0 aromatic heterocycles. The summed E-state index contributed by atoms with van der Waals surface area (Å²) in [7, 11) is 0. The van der Waals surface area contributed by atoms with Gasteiger partial charge in [-0.1, -0.05) is 30.3 Å². The van der Waals surface area contributed by atoms with Crippen LogP contribution >= 0.6 is 0 Å². The zero-order valence-electron chi connectivity index (χ0n) is 12.9. The van der Waals surface area contributed by atoms with Crippen molar-refractivity contribution >= 4 is 17.5 Å². The molecule has 2 aromatic carbocycles. The number of para-hydroxylation sites is 2. The highest BCUT2D eigenvalue weighted by Crippen LogP contribution is 2.21. The number of anilines is 1. The molecule has 3 rings (SSSR count). The number of hydrogen-bond donors (Lipinski definition) is 1. The molecule has 0 unspecified atom stereocenters. The van der Waals surface area contributed by atoms with Gasteiger partial charge in [-0.15, -0.1) is 0 Å². The minimum Gasteiger partial charge on any atom is -0.481 e. The van der Waals surface area contributed by atoms with Crippen LogP contribution in [0.5, 0.6) is 5.75 Å². The predicted molar refractivity (Wildman–Crippen MR) is 87.2 cm³/mol. The van der Waals surface area contributed by atoms with Crippen molar-refractivity contribution in [1.82, 2.24) is 5.32 Å². The Balaban J connectivity index is 1.52. The predicted octanol–water partition coefficient (Wildman–Crippen LogP) is 2.13. The average Bonchev–Trinajstić information content (AvgIpc) is 2.95. The third-order valence-electron chi connectivity index (χ3n) is 3.75. The standard InChI is InChI=1S/C18H17FN2O3/c19-15-8-4-5-9-16(15)24-12-17(22)20-13-10-18(23)21(11-13)14-6-2-1-3-7-14/h1-9,13H,10-12H2,(H,20,22)/t13-/m1/s1. The number of halogens is 1. The van der Waals surface area contributed by atoms with Gasteiger partial charge in [0.25, 0.3) is 5.91 Å². The lowest BCUT2D eigenvalue weighted by molar-refractivity contribution is -0.123. The van der Waals surface area contributed by atoms with Gasteiger partial charge in [0.1, 0.15) is 0 Å². The summed E-state index contributed by atoms with van der Waals surface area (Å²) in [5.41, 5.74) is 0.807. The van der Waals surface area contributed by atoms with E-state index in [1.165, 1.54) is 12.1 Å². The third kappa shape index (κ3) is 3.71. The molecule has 0 radical (unpaired) electrons. The van der Waals surface area contributed by atoms with Crippen LogP contribution in [-0.2, 0) is 9.59 Å². The lowest BCUT2D eigenvalue weighted by atomic mass is 10.2. The van der Waals surface area contributed by atoms with Gasteiger partial charge in [-0.05, 0) is 24.3 Å². The summed E-state index contributed by atoms with van der Waals surface area (Å²) in [5.74, 6) is -0.912. The summed E-state index contributed by atoms with van der Waals surface area (Å²) in [5, 5.41) is 2.75. The van der Waals surface area contributed by atoms with Crippen molar-refractivity contribution < 1.29 is 18.7 Å². The van der Waals surface area contributed by atoms with E-state index >= 15 is 0 Å². The number of nitrogens with one attached hydrogen (secondary N) is 1. The molecule has 1 N–H and O–H groups in total. The van der Waals surface area contributed by atoms with Gasteiger partial charge in [-0.25, -0.2) is 4.39 Å². The van der Waals surface area contributed by atoms with Crippen molar-refractivity contribution in [1.29, 1.82) is 0 Å². The normalized spacial score (nSPS) is 17.0. The Labute approximate surface area is 139 Å². The second-order valence-corrected chi connectivity index (χ2v) is 5.53. The maximum Gasteiger partial charge on any atom is 0.258 e. The maximum atomic E-state index is 13.4. The highest BCUT2D eigenvalue weighted by molar-refractivity contribution is 5.96. The Hall–Kier alpha value is -2.89. The van der Waals surface area contributed by atoms with Crippen molar-refractivity contribution in [2.24, 2.45) is 0 Å². The second-order valence-electron chi connectivity index (χ2n) is 5.53. The number of rotatable bonds is 5. The molecule has 5 nitrogen and oxygen atoms in total. The zero-order chi connectivity index (χ0) is 16.9. The molecule has 2 amide bonds. The molecule has 1 atom stereocenters. The van der Waals surface area contributed by atoms with Crippen LogP contribution in [0.4, 0.5) is 10.1 Å². The van der Waals surface area contributed by atoms with Gasteiger partial charge in [0.15, 0.2) is 18.2 Å². The van der Waals surface area contributed by atoms with Crippen molar-refractivity contribution in [2.45, 2.75) is 12.5 Å². The maximum absolute atomic E-state index is 13.4. The Morgan fingerprint density at radius 3 is 2.62 bits per heavy atom. The molecule has 0 spiro atoms. The molecule has 2 aromatic rings. The van der Waals surface area contributed by atoms with Gasteiger partial charge >= 0.3 is 0 Å². The molecule has 1 fully saturated rings. The molecule has 6 heteroatoms. The number of carbonyl (C=O) groups excluding carboxylic acids is 2. The van der Waals surface area contributed by atoms with E-state index < -0.39 is 5.82 Å². The Morgan fingerprint density at radius 2 is 1.88 bits per heavy atom. The number of ether oxygens (including phenoxy) is 1. The Morgan fingerprint density at radius 1 is 1.17 bits per heavy atom. The molecule has 0 bridgehead atoms. The van der Waals surface area contributed by atoms with Gasteiger partial charge in [0.2, 0.25) is 5.91 Å². The third-order valence-corrected chi connectivity index (χ3v) is 3.75. The van der Waals surface area contributed by atoms with E-state index in [2.05, 4.69) is 5.32 Å². The number of carbonyl (C=O) groups is 2. The van der Waals surface area contributed by atoms with Crippen molar-refractivity contribution in [2.75, 3.05) is 18.1 Å². The van der Waals surface area contributed by atoms with Gasteiger partial charge in [-0.2, -0.15) is 0 Å². The zero-order valence-corrected chi connectivity index (χ0v) is 12.9. The summed E-state index contributed by atoms with van der Waals surface area (Å²) >= 11 is 0. The van der Waals surface area contributed by atoms with Crippen LogP contribution in [0.25, 0.3) is 0 Å². The minimum atomic E-state index is -0.517. The van der Waals surface area contributed by atoms with Gasteiger partial charge in [-0.3, -0.25) is 9.59 Å². The van der Waals surface area contributed by atoms with Crippen LogP contribution in [0.2, 0.25) is 0 Å². The summed E-state index contributed by atoms with van der Waals surface area (Å²) in [6.45, 7) is 0.116. The van der Waals surface area contributed by atoms with Crippen molar-refractivity contribution in [3.8, 4) is 5.75 Å². The van der Waals surface area contributed by atoms with Gasteiger partial charge in [0, 0.05) is 18.7 Å². The van der Waals surface area contributed by atoms with E-state index in [4.69, 9.17) is 4.74 Å². The number of hydrogen-bond acceptors (Lipinski definition) is 3. The average molecular weight is 328 g/mol. The van der Waals surface area contributed by atoms with Crippen LogP contribution in [0.1, 0.15) is 6.42 Å². The SMILES string of the molecule is O=C(COc1ccccc1F)N[C@@H]1CC(=O)N(c2ccccc2)C1. The first-order valence-electron chi connectivity index (χ1n) is 7.65. The summed E-state index contributed by atoms with van der Waals surface area (Å²) in [6, 6.07) is 14.9. The number of amides is 2. The van der Waals surface area contributed by atoms with Gasteiger partial charge in [0.05, 0.1) is 6.04 Å². The van der Waals surface area contributed by atoms with E-state index in [1.54, 1.807) is 17.0 Å². The van der Waals surface area contributed by atoms with E-state index in [0.29, 0.717) is 6.54 Å². The summed E-state index contributed by atoms with van der Waals surface area (Å²) in [4.78, 5) is 25.7. The van der Waals surface area contributed by atoms with Crippen LogP contribution in [0, 0.1) is 5.82 Å². The Bertz CT molecular complexity index is 736. The van der Waals surface area contributed by atoms with E-state index in [0.717, 1.165) is 5.69 Å². The highest BCUT2D eigenvalue weighted by Gasteiger charge is 2.31. The van der Waals surface area contributed by atoms with E-state index in [1.807, 2.05) is 30.3 Å². The topological polar surface area (TPSA) is 58.6 Å². The summed E-state index contributed by atoms with van der Waals surface area (Å²) < 4.78 is 18.6. The molecule has 0 aliphatic carbocycles. The van der Waals surface area contributed by atoms with Crippen LogP contribution in [0.3, 0.4) is 0 Å². The van der Waals surface area contributed by atoms with Crippen molar-refractivity contribution in [3.63, 3.8) is 0 Å². The van der Waals surface area contributed by atoms with Crippen LogP contribution in [-0.4, -0.2) is 31.0 Å². The monoisotopic (exact) mass is 328 g/mol. The number of benzene rings is 2. The first kappa shape index (κ1) is 16.0. The molecule has 1 aliphatic heterocycles. The molecular formula is C18H17FN2O3. The first-order valence-corrected chi connectivity index (χ1v) is 7.65. The molecule has 24 heavy (non-hydrogen) atoms. The fourth-order valence-corrected chi connectivity index (χ4v) is 2.64. The van der Waals surface area contributed by atoms with E-state index in [-0.39, 0.29) is 36.6 Å². The minimum absolute atomic E-state index is 0.0288.